The minimum Gasteiger partial charge on any atom is -0.384 e. The van der Waals surface area contributed by atoms with Crippen molar-refractivity contribution in [2.24, 2.45) is 11.7 Å². The third-order valence-corrected chi connectivity index (χ3v) is 4.51. The quantitative estimate of drug-likeness (QED) is 0.871. The first-order valence-corrected chi connectivity index (χ1v) is 7.86. The van der Waals surface area contributed by atoms with Crippen molar-refractivity contribution in [1.29, 1.82) is 0 Å². The molecule has 1 atom stereocenters. The molecule has 1 saturated heterocycles. The third-order valence-electron chi connectivity index (χ3n) is 4.51. The van der Waals surface area contributed by atoms with Crippen LogP contribution in [0, 0.1) is 5.92 Å². The Balaban J connectivity index is 1.99. The molecule has 0 amide bonds. The van der Waals surface area contributed by atoms with Gasteiger partial charge >= 0.3 is 0 Å². The zero-order valence-corrected chi connectivity index (χ0v) is 13.6. The van der Waals surface area contributed by atoms with Crippen molar-refractivity contribution in [3.05, 3.63) is 29.8 Å². The molecule has 1 aromatic rings. The number of piperidine rings is 1. The van der Waals surface area contributed by atoms with Gasteiger partial charge in [0.15, 0.2) is 0 Å². The average Bonchev–Trinajstić information content (AvgIpc) is 2.50. The summed E-state index contributed by atoms with van der Waals surface area (Å²) in [6, 6.07) is 9.12. The van der Waals surface area contributed by atoms with E-state index in [0.29, 0.717) is 18.5 Å². The first-order chi connectivity index (χ1) is 10.2. The van der Waals surface area contributed by atoms with Crippen LogP contribution in [0.4, 0.5) is 5.69 Å². The van der Waals surface area contributed by atoms with Crippen LogP contribution < -0.4 is 10.6 Å². The Hall–Kier alpha value is -1.10. The standard InChI is InChI=1S/C17H29N3O/c1-19(2)16-6-4-15(5-7-16)17(12-18)20-10-8-14(9-11-20)13-21-3/h4-7,14,17H,8-13,18H2,1-3H3. The fourth-order valence-corrected chi connectivity index (χ4v) is 3.16. The second kappa shape index (κ2) is 7.78. The van der Waals surface area contributed by atoms with Gasteiger partial charge in [-0.2, -0.15) is 0 Å². The highest BCUT2D eigenvalue weighted by molar-refractivity contribution is 5.46. The number of hydrogen-bond acceptors (Lipinski definition) is 4. The summed E-state index contributed by atoms with van der Waals surface area (Å²) in [5.41, 5.74) is 8.61. The van der Waals surface area contributed by atoms with E-state index in [9.17, 15) is 0 Å². The van der Waals surface area contributed by atoms with E-state index in [4.69, 9.17) is 10.5 Å². The lowest BCUT2D eigenvalue weighted by Crippen LogP contribution is -2.40. The van der Waals surface area contributed by atoms with Gasteiger partial charge in [-0.1, -0.05) is 12.1 Å². The van der Waals surface area contributed by atoms with Crippen LogP contribution in [0.1, 0.15) is 24.4 Å². The van der Waals surface area contributed by atoms with Crippen LogP contribution in [0.25, 0.3) is 0 Å². The van der Waals surface area contributed by atoms with E-state index in [1.807, 2.05) is 0 Å². The molecule has 1 fully saturated rings. The van der Waals surface area contributed by atoms with Crippen molar-refractivity contribution in [3.8, 4) is 0 Å². The summed E-state index contributed by atoms with van der Waals surface area (Å²) in [6.45, 7) is 3.80. The van der Waals surface area contributed by atoms with Crippen molar-refractivity contribution < 1.29 is 4.74 Å². The molecule has 0 radical (unpaired) electrons. The molecule has 1 aliphatic heterocycles. The van der Waals surface area contributed by atoms with Crippen LogP contribution in [-0.2, 0) is 4.74 Å². The summed E-state index contributed by atoms with van der Waals surface area (Å²) in [6.07, 6.45) is 2.42. The van der Waals surface area contributed by atoms with Crippen molar-refractivity contribution in [1.82, 2.24) is 4.90 Å². The summed E-state index contributed by atoms with van der Waals surface area (Å²) in [5.74, 6) is 0.709. The molecule has 0 aliphatic carbocycles. The van der Waals surface area contributed by atoms with Gasteiger partial charge in [0.25, 0.3) is 0 Å². The van der Waals surface area contributed by atoms with Gasteiger partial charge in [-0.05, 0) is 49.5 Å². The molecular weight excluding hydrogens is 262 g/mol. The first-order valence-electron chi connectivity index (χ1n) is 7.86. The fraction of sp³-hybridized carbons (Fsp3) is 0.647. The van der Waals surface area contributed by atoms with Gasteiger partial charge in [0.05, 0.1) is 0 Å². The molecule has 4 nitrogen and oxygen atoms in total. The number of likely N-dealkylation sites (tertiary alicyclic amines) is 1. The minimum atomic E-state index is 0.338. The third kappa shape index (κ3) is 4.19. The van der Waals surface area contributed by atoms with Gasteiger partial charge < -0.3 is 15.4 Å². The average molecular weight is 291 g/mol. The van der Waals surface area contributed by atoms with Gasteiger partial charge in [-0.3, -0.25) is 4.90 Å². The Morgan fingerprint density at radius 2 is 1.86 bits per heavy atom. The molecule has 2 N–H and O–H groups in total. The second-order valence-corrected chi connectivity index (χ2v) is 6.17. The van der Waals surface area contributed by atoms with E-state index in [-0.39, 0.29) is 0 Å². The Morgan fingerprint density at radius 3 is 2.33 bits per heavy atom. The van der Waals surface area contributed by atoms with Crippen LogP contribution in [0.2, 0.25) is 0 Å². The smallest absolute Gasteiger partial charge is 0.0491 e. The zero-order chi connectivity index (χ0) is 15.2. The molecule has 1 unspecified atom stereocenters. The summed E-state index contributed by atoms with van der Waals surface area (Å²) < 4.78 is 5.28. The van der Waals surface area contributed by atoms with Crippen LogP contribution in [0.5, 0.6) is 0 Å². The predicted octanol–water partition coefficient (Wildman–Crippen LogP) is 2.11. The highest BCUT2D eigenvalue weighted by atomic mass is 16.5. The molecule has 0 saturated carbocycles. The van der Waals surface area contributed by atoms with Gasteiger partial charge in [0.2, 0.25) is 0 Å². The number of methoxy groups -OCH3 is 1. The number of rotatable bonds is 6. The molecule has 1 heterocycles. The van der Waals surface area contributed by atoms with E-state index < -0.39 is 0 Å². The molecule has 1 aliphatic rings. The van der Waals surface area contributed by atoms with E-state index in [1.165, 1.54) is 24.1 Å². The minimum absolute atomic E-state index is 0.338. The molecular formula is C17H29N3O. The topological polar surface area (TPSA) is 41.7 Å². The summed E-state index contributed by atoms with van der Waals surface area (Å²) >= 11 is 0. The normalized spacial score (nSPS) is 18.7. The number of anilines is 1. The first kappa shape index (κ1) is 16.3. The molecule has 1 aromatic carbocycles. The molecule has 21 heavy (non-hydrogen) atoms. The molecule has 0 bridgehead atoms. The molecule has 0 aromatic heterocycles. The SMILES string of the molecule is COCC1CCN(C(CN)c2ccc(N(C)C)cc2)CC1. The van der Waals surface area contributed by atoms with Gasteiger partial charge in [-0.25, -0.2) is 0 Å². The number of nitrogens with zero attached hydrogens (tertiary/aromatic N) is 2. The molecule has 0 spiro atoms. The largest absolute Gasteiger partial charge is 0.384 e. The maximum atomic E-state index is 6.05. The lowest BCUT2D eigenvalue weighted by molar-refractivity contribution is 0.0810. The molecule has 4 heteroatoms. The monoisotopic (exact) mass is 291 g/mol. The summed E-state index contributed by atoms with van der Waals surface area (Å²) in [5, 5.41) is 0. The van der Waals surface area contributed by atoms with E-state index in [2.05, 4.69) is 48.2 Å². The zero-order valence-electron chi connectivity index (χ0n) is 13.6. The Labute approximate surface area is 128 Å². The van der Waals surface area contributed by atoms with Crippen LogP contribution >= 0.6 is 0 Å². The molecule has 2 rings (SSSR count). The highest BCUT2D eigenvalue weighted by Crippen LogP contribution is 2.27. The van der Waals surface area contributed by atoms with E-state index in [1.54, 1.807) is 7.11 Å². The highest BCUT2D eigenvalue weighted by Gasteiger charge is 2.25. The van der Waals surface area contributed by atoms with Crippen molar-refractivity contribution in [3.63, 3.8) is 0 Å². The second-order valence-electron chi connectivity index (χ2n) is 6.17. The van der Waals surface area contributed by atoms with Gasteiger partial charge in [-0.15, -0.1) is 0 Å². The van der Waals surface area contributed by atoms with Crippen LogP contribution in [0.3, 0.4) is 0 Å². The van der Waals surface area contributed by atoms with E-state index >= 15 is 0 Å². The Bertz CT molecular complexity index is 411. The van der Waals surface area contributed by atoms with Gasteiger partial charge in [0, 0.05) is 46.1 Å². The van der Waals surface area contributed by atoms with Gasteiger partial charge in [0.1, 0.15) is 0 Å². The van der Waals surface area contributed by atoms with Crippen molar-refractivity contribution in [2.75, 3.05) is 52.3 Å². The lowest BCUT2D eigenvalue weighted by Gasteiger charge is -2.37. The predicted molar refractivity (Wildman–Crippen MR) is 88.7 cm³/mol. The maximum absolute atomic E-state index is 6.05. The van der Waals surface area contributed by atoms with Crippen LogP contribution in [-0.4, -0.2) is 52.3 Å². The van der Waals surface area contributed by atoms with E-state index in [0.717, 1.165) is 19.7 Å². The van der Waals surface area contributed by atoms with Crippen molar-refractivity contribution in [2.45, 2.75) is 18.9 Å². The number of ether oxygens (including phenoxy) is 1. The number of benzene rings is 1. The lowest BCUT2D eigenvalue weighted by atomic mass is 9.94. The number of hydrogen-bond donors (Lipinski definition) is 1. The van der Waals surface area contributed by atoms with Crippen molar-refractivity contribution >= 4 is 5.69 Å². The Morgan fingerprint density at radius 1 is 1.24 bits per heavy atom. The Kier molecular flexibility index (Phi) is 6.03. The van der Waals surface area contributed by atoms with Crippen LogP contribution in [0.15, 0.2) is 24.3 Å². The summed E-state index contributed by atoms with van der Waals surface area (Å²) in [4.78, 5) is 4.65. The summed E-state index contributed by atoms with van der Waals surface area (Å²) in [7, 11) is 5.92. The molecule has 118 valence electrons. The maximum Gasteiger partial charge on any atom is 0.0491 e. The fourth-order valence-electron chi connectivity index (χ4n) is 3.16. The number of nitrogens with two attached hydrogens (primary N) is 1.